The van der Waals surface area contributed by atoms with E-state index in [-0.39, 0.29) is 0 Å². The fraction of sp³-hybridized carbons (Fsp3) is 0.769. The van der Waals surface area contributed by atoms with E-state index >= 15 is 0 Å². The average molecular weight is 267 g/mol. The Morgan fingerprint density at radius 1 is 1.05 bits per heavy atom. The van der Waals surface area contributed by atoms with E-state index in [1.165, 1.54) is 0 Å². The number of nitrogens with one attached hydrogen (secondary N) is 2. The van der Waals surface area contributed by atoms with Crippen LogP contribution in [0.2, 0.25) is 0 Å². The Bertz CT molecular complexity index is 383. The lowest BCUT2D eigenvalue weighted by Crippen LogP contribution is -2.18. The summed E-state index contributed by atoms with van der Waals surface area (Å²) in [6, 6.07) is 0.327. The van der Waals surface area contributed by atoms with Gasteiger partial charge in [0.25, 0.3) is 0 Å². The standard InChI is InChI=1S/C13H25N5O/c1-6-7-14-11-16-12(18-13(17-11)19-5)15-8-10(4)9(2)3/h9-10H,6-8H2,1-5H3,(H2,14,15,16,17,18). The molecule has 0 bridgehead atoms. The summed E-state index contributed by atoms with van der Waals surface area (Å²) < 4.78 is 5.09. The van der Waals surface area contributed by atoms with Crippen LogP contribution in [0.4, 0.5) is 11.9 Å². The van der Waals surface area contributed by atoms with E-state index in [0.717, 1.165) is 19.5 Å². The third-order valence-electron chi connectivity index (χ3n) is 3.05. The predicted octanol–water partition coefficient (Wildman–Crippen LogP) is 2.41. The van der Waals surface area contributed by atoms with Crippen molar-refractivity contribution in [1.29, 1.82) is 0 Å². The molecule has 0 fully saturated rings. The number of hydrogen-bond donors (Lipinski definition) is 2. The second-order valence-electron chi connectivity index (χ2n) is 5.00. The number of anilines is 2. The van der Waals surface area contributed by atoms with Crippen molar-refractivity contribution in [2.24, 2.45) is 11.8 Å². The molecule has 0 spiro atoms. The molecule has 19 heavy (non-hydrogen) atoms. The Morgan fingerprint density at radius 3 is 2.21 bits per heavy atom. The van der Waals surface area contributed by atoms with Crippen LogP contribution in [-0.4, -0.2) is 35.2 Å². The maximum atomic E-state index is 5.09. The fourth-order valence-electron chi connectivity index (χ4n) is 1.33. The molecule has 1 atom stereocenters. The van der Waals surface area contributed by atoms with E-state index < -0.39 is 0 Å². The minimum absolute atomic E-state index is 0.327. The highest BCUT2D eigenvalue weighted by Gasteiger charge is 2.10. The van der Waals surface area contributed by atoms with Crippen molar-refractivity contribution >= 4 is 11.9 Å². The van der Waals surface area contributed by atoms with Crippen LogP contribution < -0.4 is 15.4 Å². The van der Waals surface area contributed by atoms with E-state index in [9.17, 15) is 0 Å². The number of methoxy groups -OCH3 is 1. The van der Waals surface area contributed by atoms with Crippen molar-refractivity contribution < 1.29 is 4.74 Å². The molecule has 108 valence electrons. The highest BCUT2D eigenvalue weighted by molar-refractivity contribution is 5.35. The zero-order chi connectivity index (χ0) is 14.3. The van der Waals surface area contributed by atoms with Gasteiger partial charge in [0.15, 0.2) is 0 Å². The predicted molar refractivity (Wildman–Crippen MR) is 77.7 cm³/mol. The molecule has 0 aliphatic heterocycles. The number of aromatic nitrogens is 3. The number of ether oxygens (including phenoxy) is 1. The van der Waals surface area contributed by atoms with Gasteiger partial charge in [-0.1, -0.05) is 27.7 Å². The maximum Gasteiger partial charge on any atom is 0.322 e. The zero-order valence-corrected chi connectivity index (χ0v) is 12.5. The van der Waals surface area contributed by atoms with E-state index in [1.54, 1.807) is 7.11 Å². The lowest BCUT2D eigenvalue weighted by Gasteiger charge is -2.16. The van der Waals surface area contributed by atoms with Gasteiger partial charge in [-0.2, -0.15) is 15.0 Å². The van der Waals surface area contributed by atoms with Gasteiger partial charge in [0.1, 0.15) is 0 Å². The van der Waals surface area contributed by atoms with E-state index in [4.69, 9.17) is 4.74 Å². The molecular formula is C13H25N5O. The van der Waals surface area contributed by atoms with Gasteiger partial charge < -0.3 is 15.4 Å². The Labute approximate surface area is 115 Å². The Balaban J connectivity index is 2.70. The molecule has 6 heteroatoms. The summed E-state index contributed by atoms with van der Waals surface area (Å²) in [5.74, 6) is 2.27. The molecule has 0 radical (unpaired) electrons. The second kappa shape index (κ2) is 7.76. The summed E-state index contributed by atoms with van der Waals surface area (Å²) >= 11 is 0. The molecular weight excluding hydrogens is 242 g/mol. The topological polar surface area (TPSA) is 72.0 Å². The minimum Gasteiger partial charge on any atom is -0.467 e. The molecule has 1 unspecified atom stereocenters. The van der Waals surface area contributed by atoms with Gasteiger partial charge in [-0.15, -0.1) is 0 Å². The minimum atomic E-state index is 0.327. The molecule has 0 aliphatic carbocycles. The smallest absolute Gasteiger partial charge is 0.322 e. The Hall–Kier alpha value is -1.59. The molecule has 2 N–H and O–H groups in total. The van der Waals surface area contributed by atoms with Crippen molar-refractivity contribution in [3.63, 3.8) is 0 Å². The molecule has 0 aromatic carbocycles. The first-order chi connectivity index (χ1) is 9.06. The first kappa shape index (κ1) is 15.5. The molecule has 0 aliphatic rings. The number of nitrogens with zero attached hydrogens (tertiary/aromatic N) is 3. The monoisotopic (exact) mass is 267 g/mol. The molecule has 1 aromatic rings. The highest BCUT2D eigenvalue weighted by Crippen LogP contribution is 2.13. The second-order valence-corrected chi connectivity index (χ2v) is 5.00. The van der Waals surface area contributed by atoms with Crippen LogP contribution in [0, 0.1) is 11.8 Å². The summed E-state index contributed by atoms with van der Waals surface area (Å²) in [6.07, 6.45) is 1.02. The van der Waals surface area contributed by atoms with Crippen LogP contribution in [0.1, 0.15) is 34.1 Å². The van der Waals surface area contributed by atoms with Crippen molar-refractivity contribution in [1.82, 2.24) is 15.0 Å². The first-order valence-corrected chi connectivity index (χ1v) is 6.84. The van der Waals surface area contributed by atoms with Gasteiger partial charge in [0.2, 0.25) is 11.9 Å². The number of hydrogen-bond acceptors (Lipinski definition) is 6. The van der Waals surface area contributed by atoms with Crippen molar-refractivity contribution in [3.8, 4) is 6.01 Å². The fourth-order valence-corrected chi connectivity index (χ4v) is 1.33. The largest absolute Gasteiger partial charge is 0.467 e. The van der Waals surface area contributed by atoms with Gasteiger partial charge in [-0.25, -0.2) is 0 Å². The van der Waals surface area contributed by atoms with Gasteiger partial charge in [0, 0.05) is 13.1 Å². The molecule has 1 rings (SSSR count). The third-order valence-corrected chi connectivity index (χ3v) is 3.05. The van der Waals surface area contributed by atoms with Crippen LogP contribution >= 0.6 is 0 Å². The van der Waals surface area contributed by atoms with Gasteiger partial charge >= 0.3 is 6.01 Å². The average Bonchev–Trinajstić information content (AvgIpc) is 2.42. The van der Waals surface area contributed by atoms with Crippen LogP contribution in [0.15, 0.2) is 0 Å². The summed E-state index contributed by atoms with van der Waals surface area (Å²) in [7, 11) is 1.56. The summed E-state index contributed by atoms with van der Waals surface area (Å²) in [4.78, 5) is 12.7. The van der Waals surface area contributed by atoms with Gasteiger partial charge in [-0.3, -0.25) is 0 Å². The van der Waals surface area contributed by atoms with Crippen LogP contribution in [-0.2, 0) is 0 Å². The third kappa shape index (κ3) is 5.28. The Kier molecular flexibility index (Phi) is 6.32. The molecule has 0 amide bonds. The van der Waals surface area contributed by atoms with Crippen LogP contribution in [0.5, 0.6) is 6.01 Å². The normalized spacial score (nSPS) is 12.3. The quantitative estimate of drug-likeness (QED) is 0.753. The lowest BCUT2D eigenvalue weighted by molar-refractivity contribution is 0.379. The molecule has 1 heterocycles. The highest BCUT2D eigenvalue weighted by atomic mass is 16.5. The van der Waals surface area contributed by atoms with Crippen molar-refractivity contribution in [2.75, 3.05) is 30.8 Å². The SMILES string of the molecule is CCCNc1nc(NCC(C)C(C)C)nc(OC)n1. The van der Waals surface area contributed by atoms with Gasteiger partial charge in [0.05, 0.1) is 7.11 Å². The molecule has 1 aromatic heterocycles. The van der Waals surface area contributed by atoms with Crippen molar-refractivity contribution in [3.05, 3.63) is 0 Å². The lowest BCUT2D eigenvalue weighted by atomic mass is 9.98. The summed E-state index contributed by atoms with van der Waals surface area (Å²) in [6.45, 7) is 10.4. The Morgan fingerprint density at radius 2 is 1.68 bits per heavy atom. The van der Waals surface area contributed by atoms with E-state index in [2.05, 4.69) is 53.3 Å². The van der Waals surface area contributed by atoms with Crippen LogP contribution in [0.3, 0.4) is 0 Å². The first-order valence-electron chi connectivity index (χ1n) is 6.84. The number of rotatable bonds is 8. The van der Waals surface area contributed by atoms with Gasteiger partial charge in [-0.05, 0) is 18.3 Å². The van der Waals surface area contributed by atoms with E-state index in [1.807, 2.05) is 0 Å². The van der Waals surface area contributed by atoms with E-state index in [0.29, 0.717) is 29.7 Å². The zero-order valence-electron chi connectivity index (χ0n) is 12.5. The van der Waals surface area contributed by atoms with Crippen molar-refractivity contribution in [2.45, 2.75) is 34.1 Å². The molecule has 0 saturated heterocycles. The summed E-state index contributed by atoms with van der Waals surface area (Å²) in [5.41, 5.74) is 0. The summed E-state index contributed by atoms with van der Waals surface area (Å²) in [5, 5.41) is 6.37. The molecule has 6 nitrogen and oxygen atoms in total. The van der Waals surface area contributed by atoms with Crippen LogP contribution in [0.25, 0.3) is 0 Å². The maximum absolute atomic E-state index is 5.09. The molecule has 0 saturated carbocycles.